The van der Waals surface area contributed by atoms with Crippen LogP contribution in [-0.4, -0.2) is 41.2 Å². The number of fused-ring (bicyclic) bond motifs is 2. The van der Waals surface area contributed by atoms with E-state index in [-0.39, 0.29) is 0 Å². The van der Waals surface area contributed by atoms with Crippen LogP contribution in [0.2, 0.25) is 0 Å². The first-order valence-corrected chi connectivity index (χ1v) is 8.48. The summed E-state index contributed by atoms with van der Waals surface area (Å²) in [7, 11) is 0. The fourth-order valence-electron chi connectivity index (χ4n) is 2.88. The second-order valence-electron chi connectivity index (χ2n) is 6.19. The molecule has 26 heavy (non-hydrogen) atoms. The Kier molecular flexibility index (Phi) is 4.43. The highest BCUT2D eigenvalue weighted by atomic mass is 14.8. The van der Waals surface area contributed by atoms with Crippen LogP contribution in [-0.2, 0) is 0 Å². The zero-order chi connectivity index (χ0) is 17.8. The first-order chi connectivity index (χ1) is 12.8. The molecular weight excluding hydrogens is 322 g/mol. The van der Waals surface area contributed by atoms with Gasteiger partial charge in [0.05, 0.1) is 18.8 Å². The molecule has 5 nitrogen and oxygen atoms in total. The number of aromatic nitrogens is 2. The van der Waals surface area contributed by atoms with Crippen LogP contribution >= 0.6 is 0 Å². The van der Waals surface area contributed by atoms with Crippen LogP contribution < -0.4 is 0 Å². The molecule has 0 unspecified atom stereocenters. The maximum absolute atomic E-state index is 8.00. The SMILES string of the molecule is N=C(CN=Cc1ccc2[nH]ccc2c1)CN=Cc1ccc2[nH]ccc2c1. The topological polar surface area (TPSA) is 80.2 Å². The van der Waals surface area contributed by atoms with E-state index >= 15 is 0 Å². The summed E-state index contributed by atoms with van der Waals surface area (Å²) in [5.41, 5.74) is 4.79. The van der Waals surface area contributed by atoms with Crippen molar-refractivity contribution in [3.05, 3.63) is 72.1 Å². The zero-order valence-electron chi connectivity index (χ0n) is 14.2. The molecule has 3 N–H and O–H groups in total. The van der Waals surface area contributed by atoms with Gasteiger partial charge in [0.25, 0.3) is 0 Å². The number of nitrogens with one attached hydrogen (secondary N) is 3. The van der Waals surface area contributed by atoms with Crippen LogP contribution in [0.25, 0.3) is 21.8 Å². The van der Waals surface area contributed by atoms with E-state index < -0.39 is 0 Å². The van der Waals surface area contributed by atoms with Crippen molar-refractivity contribution in [2.45, 2.75) is 0 Å². The highest BCUT2D eigenvalue weighted by molar-refractivity contribution is 5.93. The van der Waals surface area contributed by atoms with Crippen LogP contribution in [0.3, 0.4) is 0 Å². The number of aliphatic imine (C=N–C) groups is 2. The van der Waals surface area contributed by atoms with Gasteiger partial charge in [0.15, 0.2) is 0 Å². The molecule has 0 aliphatic carbocycles. The summed E-state index contributed by atoms with van der Waals surface area (Å²) in [6, 6.07) is 16.3. The molecule has 0 aliphatic rings. The summed E-state index contributed by atoms with van der Waals surface area (Å²) in [4.78, 5) is 15.0. The maximum atomic E-state index is 8.00. The summed E-state index contributed by atoms with van der Waals surface area (Å²) in [6.07, 6.45) is 7.47. The predicted octanol–water partition coefficient (Wildman–Crippen LogP) is 4.21. The van der Waals surface area contributed by atoms with Crippen molar-refractivity contribution in [2.24, 2.45) is 9.98 Å². The Morgan fingerprint density at radius 1 is 0.769 bits per heavy atom. The Balaban J connectivity index is 1.31. The Labute approximate surface area is 151 Å². The second kappa shape index (κ2) is 7.19. The third kappa shape index (κ3) is 3.62. The van der Waals surface area contributed by atoms with Gasteiger partial charge in [-0.2, -0.15) is 0 Å². The van der Waals surface area contributed by atoms with Gasteiger partial charge in [-0.15, -0.1) is 0 Å². The van der Waals surface area contributed by atoms with E-state index in [4.69, 9.17) is 5.41 Å². The molecule has 4 rings (SSSR count). The van der Waals surface area contributed by atoms with Gasteiger partial charge in [0, 0.05) is 35.9 Å². The quantitative estimate of drug-likeness (QED) is 0.439. The van der Waals surface area contributed by atoms with Crippen molar-refractivity contribution >= 4 is 39.9 Å². The minimum Gasteiger partial charge on any atom is -0.361 e. The van der Waals surface area contributed by atoms with E-state index in [1.807, 2.05) is 61.2 Å². The van der Waals surface area contributed by atoms with Crippen molar-refractivity contribution in [1.82, 2.24) is 9.97 Å². The molecule has 2 heterocycles. The Morgan fingerprint density at radius 2 is 1.27 bits per heavy atom. The molecule has 128 valence electrons. The summed E-state index contributed by atoms with van der Waals surface area (Å²) >= 11 is 0. The minimum atomic E-state index is 0.360. The molecule has 4 aromatic rings. The van der Waals surface area contributed by atoms with Gasteiger partial charge < -0.3 is 15.4 Å². The molecule has 5 heteroatoms. The van der Waals surface area contributed by atoms with E-state index in [1.54, 1.807) is 0 Å². The van der Waals surface area contributed by atoms with Gasteiger partial charge in [-0.1, -0.05) is 12.1 Å². The van der Waals surface area contributed by atoms with Gasteiger partial charge in [-0.05, 0) is 58.3 Å². The Hall–Kier alpha value is -3.47. The number of aromatic amines is 2. The molecule has 0 saturated heterocycles. The average Bonchev–Trinajstić information content (AvgIpc) is 3.29. The van der Waals surface area contributed by atoms with Crippen molar-refractivity contribution in [3.8, 4) is 0 Å². The lowest BCUT2D eigenvalue weighted by Gasteiger charge is -1.98. The lowest BCUT2D eigenvalue weighted by atomic mass is 10.2. The molecule has 0 bridgehead atoms. The van der Waals surface area contributed by atoms with Crippen LogP contribution in [0.5, 0.6) is 0 Å². The molecular formula is C21H19N5. The molecule has 0 aliphatic heterocycles. The van der Waals surface area contributed by atoms with E-state index in [0.29, 0.717) is 18.8 Å². The van der Waals surface area contributed by atoms with E-state index in [9.17, 15) is 0 Å². The van der Waals surface area contributed by atoms with Crippen LogP contribution in [0.4, 0.5) is 0 Å². The fraction of sp³-hybridized carbons (Fsp3) is 0.0952. The monoisotopic (exact) mass is 341 g/mol. The molecule has 0 radical (unpaired) electrons. The highest BCUT2D eigenvalue weighted by Crippen LogP contribution is 2.13. The van der Waals surface area contributed by atoms with Crippen molar-refractivity contribution in [2.75, 3.05) is 13.1 Å². The summed E-state index contributed by atoms with van der Waals surface area (Å²) in [6.45, 7) is 0.721. The first kappa shape index (κ1) is 16.0. The van der Waals surface area contributed by atoms with E-state index in [2.05, 4.69) is 32.1 Å². The van der Waals surface area contributed by atoms with Crippen LogP contribution in [0.15, 0.2) is 70.9 Å². The number of benzene rings is 2. The molecule has 0 atom stereocenters. The number of hydrogen-bond donors (Lipinski definition) is 3. The van der Waals surface area contributed by atoms with Crippen molar-refractivity contribution < 1.29 is 0 Å². The highest BCUT2D eigenvalue weighted by Gasteiger charge is 1.97. The van der Waals surface area contributed by atoms with Crippen molar-refractivity contribution in [3.63, 3.8) is 0 Å². The first-order valence-electron chi connectivity index (χ1n) is 8.48. The Morgan fingerprint density at radius 3 is 1.77 bits per heavy atom. The van der Waals surface area contributed by atoms with Gasteiger partial charge in [0.2, 0.25) is 0 Å². The van der Waals surface area contributed by atoms with Gasteiger partial charge in [-0.3, -0.25) is 9.98 Å². The summed E-state index contributed by atoms with van der Waals surface area (Å²) in [5.74, 6) is 0. The lowest BCUT2D eigenvalue weighted by Crippen LogP contribution is -2.06. The zero-order valence-corrected chi connectivity index (χ0v) is 14.2. The van der Waals surface area contributed by atoms with Gasteiger partial charge in [-0.25, -0.2) is 0 Å². The van der Waals surface area contributed by atoms with E-state index in [1.165, 1.54) is 0 Å². The third-order valence-electron chi connectivity index (χ3n) is 4.20. The third-order valence-corrected chi connectivity index (χ3v) is 4.20. The normalized spacial score (nSPS) is 12.0. The van der Waals surface area contributed by atoms with Crippen LogP contribution in [0.1, 0.15) is 11.1 Å². The molecule has 2 aromatic heterocycles. The Bertz CT molecular complexity index is 1030. The minimum absolute atomic E-state index is 0.360. The molecule has 0 spiro atoms. The second-order valence-corrected chi connectivity index (χ2v) is 6.19. The van der Waals surface area contributed by atoms with E-state index in [0.717, 1.165) is 32.9 Å². The van der Waals surface area contributed by atoms with Gasteiger partial charge >= 0.3 is 0 Å². The summed E-state index contributed by atoms with van der Waals surface area (Å²) in [5, 5.41) is 10.3. The predicted molar refractivity (Wildman–Crippen MR) is 109 cm³/mol. The molecule has 0 saturated carbocycles. The smallest absolute Gasteiger partial charge is 0.0784 e. The number of hydrogen-bond acceptors (Lipinski definition) is 3. The average molecular weight is 341 g/mol. The molecule has 2 aromatic carbocycles. The van der Waals surface area contributed by atoms with Crippen molar-refractivity contribution in [1.29, 1.82) is 5.41 Å². The van der Waals surface area contributed by atoms with Crippen LogP contribution in [0, 0.1) is 5.41 Å². The maximum Gasteiger partial charge on any atom is 0.0784 e. The standard InChI is InChI=1S/C21H19N5/c22-19(13-23-11-15-1-3-20-17(9-15)5-7-25-20)14-24-12-16-2-4-21-18(10-16)6-8-26-21/h1-12,22,25-26H,13-14H2. The number of H-pyrrole nitrogens is 2. The largest absolute Gasteiger partial charge is 0.361 e. The molecule has 0 amide bonds. The number of nitrogens with zero attached hydrogens (tertiary/aromatic N) is 2. The lowest BCUT2D eigenvalue weighted by molar-refractivity contribution is 1.17. The molecule has 0 fully saturated rings. The fourth-order valence-corrected chi connectivity index (χ4v) is 2.88. The van der Waals surface area contributed by atoms with Gasteiger partial charge in [0.1, 0.15) is 0 Å². The summed E-state index contributed by atoms with van der Waals surface area (Å²) < 4.78 is 0. The number of rotatable bonds is 6.